The maximum absolute atomic E-state index is 11.0. The van der Waals surface area contributed by atoms with Crippen LogP contribution in [-0.4, -0.2) is 29.2 Å². The van der Waals surface area contributed by atoms with E-state index < -0.39 is 6.03 Å². The number of hydrogen-bond acceptors (Lipinski definition) is 4. The van der Waals surface area contributed by atoms with Gasteiger partial charge in [0.25, 0.3) is 0 Å². The SMILES string of the molecule is CC(=NC(=O)N(C)O)Oc1ccccc1C#N. The van der Waals surface area contributed by atoms with Crippen LogP contribution < -0.4 is 4.74 Å². The number of urea groups is 1. The van der Waals surface area contributed by atoms with Crippen molar-refractivity contribution in [2.45, 2.75) is 6.92 Å². The molecule has 0 unspecified atom stereocenters. The predicted molar refractivity (Wildman–Crippen MR) is 59.8 cm³/mol. The summed E-state index contributed by atoms with van der Waals surface area (Å²) >= 11 is 0. The summed E-state index contributed by atoms with van der Waals surface area (Å²) in [6, 6.07) is 7.67. The van der Waals surface area contributed by atoms with E-state index in [0.29, 0.717) is 16.4 Å². The van der Waals surface area contributed by atoms with Crippen LogP contribution in [-0.2, 0) is 0 Å². The van der Waals surface area contributed by atoms with Crippen LogP contribution in [0.2, 0.25) is 0 Å². The molecule has 0 aliphatic rings. The van der Waals surface area contributed by atoms with Gasteiger partial charge in [0.15, 0.2) is 5.90 Å². The van der Waals surface area contributed by atoms with E-state index in [1.54, 1.807) is 24.3 Å². The summed E-state index contributed by atoms with van der Waals surface area (Å²) in [4.78, 5) is 14.5. The van der Waals surface area contributed by atoms with Crippen LogP contribution in [0.15, 0.2) is 29.3 Å². The average molecular weight is 233 g/mol. The largest absolute Gasteiger partial charge is 0.442 e. The molecule has 1 rings (SSSR count). The number of rotatable bonds is 1. The number of ether oxygens (including phenoxy) is 1. The number of carbonyl (C=O) groups excluding carboxylic acids is 1. The van der Waals surface area contributed by atoms with Crippen LogP contribution in [0.25, 0.3) is 0 Å². The fraction of sp³-hybridized carbons (Fsp3) is 0.182. The van der Waals surface area contributed by atoms with Gasteiger partial charge in [0.05, 0.1) is 5.56 Å². The molecule has 6 nitrogen and oxygen atoms in total. The van der Waals surface area contributed by atoms with Gasteiger partial charge in [0.1, 0.15) is 11.8 Å². The number of para-hydroxylation sites is 1. The molecule has 0 radical (unpaired) electrons. The lowest BCUT2D eigenvalue weighted by molar-refractivity contribution is -0.0139. The Kier molecular flexibility index (Phi) is 4.20. The van der Waals surface area contributed by atoms with Crippen LogP contribution in [0.3, 0.4) is 0 Å². The van der Waals surface area contributed by atoms with Crippen molar-refractivity contribution in [3.63, 3.8) is 0 Å². The zero-order chi connectivity index (χ0) is 12.8. The highest BCUT2D eigenvalue weighted by Crippen LogP contribution is 2.16. The molecule has 88 valence electrons. The molecule has 0 fully saturated rings. The highest BCUT2D eigenvalue weighted by molar-refractivity contribution is 5.89. The van der Waals surface area contributed by atoms with Gasteiger partial charge >= 0.3 is 6.03 Å². The first-order valence-electron chi connectivity index (χ1n) is 4.73. The van der Waals surface area contributed by atoms with Crippen molar-refractivity contribution in [2.24, 2.45) is 4.99 Å². The van der Waals surface area contributed by atoms with Gasteiger partial charge in [-0.2, -0.15) is 10.3 Å². The van der Waals surface area contributed by atoms with Crippen molar-refractivity contribution in [3.05, 3.63) is 29.8 Å². The minimum absolute atomic E-state index is 0.0404. The predicted octanol–water partition coefficient (Wildman–Crippen LogP) is 1.80. The number of amides is 2. The summed E-state index contributed by atoms with van der Waals surface area (Å²) in [6.07, 6.45) is 0. The summed E-state index contributed by atoms with van der Waals surface area (Å²) < 4.78 is 5.23. The molecule has 0 saturated heterocycles. The maximum Gasteiger partial charge on any atom is 0.369 e. The topological polar surface area (TPSA) is 85.9 Å². The smallest absolute Gasteiger partial charge is 0.369 e. The van der Waals surface area contributed by atoms with Gasteiger partial charge in [0, 0.05) is 14.0 Å². The van der Waals surface area contributed by atoms with Crippen molar-refractivity contribution < 1.29 is 14.7 Å². The second-order valence-corrected chi connectivity index (χ2v) is 3.15. The third-order valence-electron chi connectivity index (χ3n) is 1.80. The molecule has 0 heterocycles. The van der Waals surface area contributed by atoms with Gasteiger partial charge in [-0.3, -0.25) is 5.21 Å². The van der Waals surface area contributed by atoms with Gasteiger partial charge < -0.3 is 4.74 Å². The van der Waals surface area contributed by atoms with E-state index in [-0.39, 0.29) is 5.90 Å². The first-order chi connectivity index (χ1) is 8.04. The van der Waals surface area contributed by atoms with Crippen LogP contribution in [0.5, 0.6) is 5.75 Å². The molecule has 1 aromatic rings. The molecule has 6 heteroatoms. The second kappa shape index (κ2) is 5.63. The minimum Gasteiger partial charge on any atom is -0.442 e. The first kappa shape index (κ1) is 12.7. The Hall–Kier alpha value is -2.39. The molecule has 0 spiro atoms. The molecular weight excluding hydrogens is 222 g/mol. The van der Waals surface area contributed by atoms with E-state index in [4.69, 9.17) is 15.2 Å². The van der Waals surface area contributed by atoms with Crippen molar-refractivity contribution in [1.29, 1.82) is 5.26 Å². The van der Waals surface area contributed by atoms with E-state index in [1.807, 2.05) is 6.07 Å². The van der Waals surface area contributed by atoms with Crippen molar-refractivity contribution in [2.75, 3.05) is 7.05 Å². The van der Waals surface area contributed by atoms with Crippen molar-refractivity contribution in [3.8, 4) is 11.8 Å². The van der Waals surface area contributed by atoms with Crippen molar-refractivity contribution in [1.82, 2.24) is 5.06 Å². The molecule has 1 N–H and O–H groups in total. The summed E-state index contributed by atoms with van der Waals surface area (Å²) in [6.45, 7) is 1.45. The molecule has 0 atom stereocenters. The molecule has 0 aromatic heterocycles. The zero-order valence-corrected chi connectivity index (χ0v) is 9.41. The lowest BCUT2D eigenvalue weighted by atomic mass is 10.2. The molecule has 17 heavy (non-hydrogen) atoms. The number of nitrogens with zero attached hydrogens (tertiary/aromatic N) is 3. The Labute approximate surface area is 98.3 Å². The Morgan fingerprint density at radius 3 is 2.76 bits per heavy atom. The van der Waals surface area contributed by atoms with Crippen LogP contribution in [0.4, 0.5) is 4.79 Å². The molecule has 0 bridgehead atoms. The van der Waals surface area contributed by atoms with E-state index in [0.717, 1.165) is 7.05 Å². The number of hydrogen-bond donors (Lipinski definition) is 1. The van der Waals surface area contributed by atoms with E-state index in [2.05, 4.69) is 4.99 Å². The summed E-state index contributed by atoms with van der Waals surface area (Å²) in [5, 5.41) is 18.0. The number of aliphatic imine (C=N–C) groups is 1. The number of hydroxylamine groups is 2. The zero-order valence-electron chi connectivity index (χ0n) is 9.41. The Morgan fingerprint density at radius 2 is 2.18 bits per heavy atom. The Balaban J connectivity index is 2.85. The molecule has 1 aromatic carbocycles. The van der Waals surface area contributed by atoms with Crippen LogP contribution >= 0.6 is 0 Å². The minimum atomic E-state index is -0.850. The Morgan fingerprint density at radius 1 is 1.53 bits per heavy atom. The van der Waals surface area contributed by atoms with Gasteiger partial charge in [0.2, 0.25) is 0 Å². The Bertz CT molecular complexity index is 489. The standard InChI is InChI=1S/C11H11N3O3/c1-8(13-11(15)14(2)16)17-10-6-4-3-5-9(10)7-12/h3-6,16H,1-2H3. The molecule has 0 aliphatic heterocycles. The van der Waals surface area contributed by atoms with E-state index in [1.165, 1.54) is 6.92 Å². The quantitative estimate of drug-likeness (QED) is 0.347. The van der Waals surface area contributed by atoms with Crippen LogP contribution in [0, 0.1) is 11.3 Å². The fourth-order valence-corrected chi connectivity index (χ4v) is 1.04. The second-order valence-electron chi connectivity index (χ2n) is 3.15. The van der Waals surface area contributed by atoms with Crippen LogP contribution in [0.1, 0.15) is 12.5 Å². The molecule has 2 amide bonds. The normalized spacial score (nSPS) is 10.6. The lowest BCUT2D eigenvalue weighted by Gasteiger charge is -2.07. The monoisotopic (exact) mass is 233 g/mol. The maximum atomic E-state index is 11.0. The fourth-order valence-electron chi connectivity index (χ4n) is 1.04. The third-order valence-corrected chi connectivity index (χ3v) is 1.80. The summed E-state index contributed by atoms with van der Waals surface area (Å²) in [5.41, 5.74) is 0.340. The molecular formula is C11H11N3O3. The third kappa shape index (κ3) is 3.59. The summed E-state index contributed by atoms with van der Waals surface area (Å²) in [5.74, 6) is 0.350. The van der Waals surface area contributed by atoms with E-state index in [9.17, 15) is 4.79 Å². The van der Waals surface area contributed by atoms with Gasteiger partial charge in [-0.1, -0.05) is 12.1 Å². The highest BCUT2D eigenvalue weighted by atomic mass is 16.5. The molecule has 0 aliphatic carbocycles. The molecule has 0 saturated carbocycles. The lowest BCUT2D eigenvalue weighted by Crippen LogP contribution is -2.21. The number of nitriles is 1. The number of benzene rings is 1. The average Bonchev–Trinajstić information content (AvgIpc) is 2.29. The highest BCUT2D eigenvalue weighted by Gasteiger charge is 2.07. The van der Waals surface area contributed by atoms with E-state index >= 15 is 0 Å². The van der Waals surface area contributed by atoms with Gasteiger partial charge in [-0.05, 0) is 12.1 Å². The first-order valence-corrected chi connectivity index (χ1v) is 4.73. The van der Waals surface area contributed by atoms with Crippen molar-refractivity contribution >= 4 is 11.9 Å². The van der Waals surface area contributed by atoms with Gasteiger partial charge in [-0.25, -0.2) is 9.86 Å². The summed E-state index contributed by atoms with van der Waals surface area (Å²) in [7, 11) is 1.16. The number of carbonyl (C=O) groups is 1. The van der Waals surface area contributed by atoms with Gasteiger partial charge in [-0.15, -0.1) is 0 Å².